The van der Waals surface area contributed by atoms with Gasteiger partial charge < -0.3 is 20.6 Å². The maximum absolute atomic E-state index is 14.1. The van der Waals surface area contributed by atoms with Gasteiger partial charge in [0.15, 0.2) is 0 Å². The molecule has 0 aromatic carbocycles. The molecule has 1 aromatic rings. The van der Waals surface area contributed by atoms with E-state index in [0.717, 1.165) is 57.8 Å². The summed E-state index contributed by atoms with van der Waals surface area (Å²) in [5.74, 6) is -2.15. The minimum atomic E-state index is -0.997. The Morgan fingerprint density at radius 1 is 0.974 bits per heavy atom. The summed E-state index contributed by atoms with van der Waals surface area (Å²) in [5, 5.41) is 15.8. The van der Waals surface area contributed by atoms with Gasteiger partial charge in [0.25, 0.3) is 5.91 Å². The van der Waals surface area contributed by atoms with Crippen molar-refractivity contribution < 1.29 is 24.3 Å². The third kappa shape index (κ3) is 6.15. The topological polar surface area (TPSA) is 142 Å². The number of nitrogens with zero attached hydrogens (tertiary/aromatic N) is 3. The van der Waals surface area contributed by atoms with Gasteiger partial charge >= 0.3 is 5.97 Å². The van der Waals surface area contributed by atoms with Gasteiger partial charge in [0, 0.05) is 18.4 Å². The molecule has 1 aliphatic heterocycles. The van der Waals surface area contributed by atoms with Crippen molar-refractivity contribution in [2.45, 2.75) is 109 Å². The molecule has 0 spiro atoms. The quantitative estimate of drug-likeness (QED) is 0.495. The van der Waals surface area contributed by atoms with Crippen molar-refractivity contribution in [2.75, 3.05) is 0 Å². The van der Waals surface area contributed by atoms with Crippen molar-refractivity contribution in [2.24, 2.45) is 17.3 Å². The Bertz CT molecular complexity index is 1020. The molecule has 2 saturated carbocycles. The van der Waals surface area contributed by atoms with Crippen LogP contribution in [0.5, 0.6) is 0 Å². The summed E-state index contributed by atoms with van der Waals surface area (Å²) < 4.78 is 0. The van der Waals surface area contributed by atoms with Crippen molar-refractivity contribution in [1.82, 2.24) is 25.5 Å². The Morgan fingerprint density at radius 3 is 2.29 bits per heavy atom. The van der Waals surface area contributed by atoms with E-state index in [1.165, 1.54) is 18.6 Å². The van der Waals surface area contributed by atoms with Crippen LogP contribution in [0.2, 0.25) is 0 Å². The number of amides is 3. The van der Waals surface area contributed by atoms with Crippen LogP contribution in [0.1, 0.15) is 95.5 Å². The average Bonchev–Trinajstić information content (AvgIpc) is 3.30. The third-order valence-corrected chi connectivity index (χ3v) is 8.51. The first kappa shape index (κ1) is 28.0. The molecule has 2 heterocycles. The summed E-state index contributed by atoms with van der Waals surface area (Å²) in [7, 11) is 0. The van der Waals surface area contributed by atoms with Gasteiger partial charge in [-0.05, 0) is 49.4 Å². The minimum absolute atomic E-state index is 0.0682. The lowest BCUT2D eigenvalue weighted by Gasteiger charge is -2.40. The number of carbonyl (C=O) groups excluding carboxylic acids is 3. The summed E-state index contributed by atoms with van der Waals surface area (Å²) >= 11 is 0. The summed E-state index contributed by atoms with van der Waals surface area (Å²) in [6.45, 7) is 5.61. The normalized spacial score (nSPS) is 25.7. The highest BCUT2D eigenvalue weighted by molar-refractivity contribution is 5.97. The number of hydrogen-bond acceptors (Lipinski definition) is 6. The van der Waals surface area contributed by atoms with E-state index in [9.17, 15) is 24.3 Å². The van der Waals surface area contributed by atoms with Crippen LogP contribution in [-0.4, -0.2) is 67.8 Å². The lowest BCUT2D eigenvalue weighted by molar-refractivity contribution is -0.153. The lowest BCUT2D eigenvalue weighted by Crippen LogP contribution is -2.62. The zero-order valence-corrected chi connectivity index (χ0v) is 22.7. The predicted molar refractivity (Wildman–Crippen MR) is 140 cm³/mol. The summed E-state index contributed by atoms with van der Waals surface area (Å²) in [4.78, 5) is 62.6. The van der Waals surface area contributed by atoms with Crippen molar-refractivity contribution in [1.29, 1.82) is 0 Å². The molecule has 208 valence electrons. The Morgan fingerprint density at radius 2 is 1.66 bits per heavy atom. The molecule has 4 rings (SSSR count). The van der Waals surface area contributed by atoms with Crippen LogP contribution in [0.15, 0.2) is 18.6 Å². The fourth-order valence-corrected chi connectivity index (χ4v) is 6.52. The standard InChI is InChI=1S/C28H41N5O5/c1-28(2,3)23(26(36)33-20-12-8-7-11-18(20)15-21(33)27(37)38)32-25(35)22(17-9-5-4-6-10-17)31-24(34)19-16-29-13-14-30-19/h13-14,16-18,20-23H,4-12,15H2,1-3H3,(H,31,34)(H,32,35)(H,37,38)/t18?,20?,21-,22-,23+/m0/s1. The second-order valence-electron chi connectivity index (χ2n) is 12.2. The van der Waals surface area contributed by atoms with Gasteiger partial charge in [-0.25, -0.2) is 9.78 Å². The number of nitrogens with one attached hydrogen (secondary N) is 2. The van der Waals surface area contributed by atoms with E-state index in [1.807, 2.05) is 20.8 Å². The van der Waals surface area contributed by atoms with E-state index in [2.05, 4.69) is 20.6 Å². The number of rotatable bonds is 7. The first-order chi connectivity index (χ1) is 18.1. The molecule has 3 N–H and O–H groups in total. The highest BCUT2D eigenvalue weighted by atomic mass is 16.4. The fourth-order valence-electron chi connectivity index (χ4n) is 6.52. The van der Waals surface area contributed by atoms with Crippen LogP contribution in [0, 0.1) is 17.3 Å². The maximum atomic E-state index is 14.1. The Balaban J connectivity index is 1.58. The van der Waals surface area contributed by atoms with Crippen molar-refractivity contribution in [3.8, 4) is 0 Å². The third-order valence-electron chi connectivity index (χ3n) is 8.51. The summed E-state index contributed by atoms with van der Waals surface area (Å²) in [6, 6.07) is -2.77. The molecule has 2 unspecified atom stereocenters. The molecule has 3 aliphatic rings. The van der Waals surface area contributed by atoms with Crippen molar-refractivity contribution >= 4 is 23.7 Å². The second kappa shape index (κ2) is 11.8. The van der Waals surface area contributed by atoms with Gasteiger partial charge in [-0.1, -0.05) is 52.9 Å². The molecule has 3 fully saturated rings. The SMILES string of the molecule is CC(C)(C)[C@H](NC(=O)[C@@H](NC(=O)c1cnccn1)C1CCCCC1)C(=O)N1C2CCCCC2C[C@H]1C(=O)O. The van der Waals surface area contributed by atoms with Crippen molar-refractivity contribution in [3.05, 3.63) is 24.3 Å². The molecule has 0 radical (unpaired) electrons. The van der Waals surface area contributed by atoms with Crippen LogP contribution >= 0.6 is 0 Å². The Hall–Kier alpha value is -3.04. The van der Waals surface area contributed by atoms with Crippen LogP contribution in [0.25, 0.3) is 0 Å². The summed E-state index contributed by atoms with van der Waals surface area (Å²) in [5.41, 5.74) is -0.552. The molecule has 1 saturated heterocycles. The number of aromatic nitrogens is 2. The molecule has 10 nitrogen and oxygen atoms in total. The van der Waals surface area contributed by atoms with E-state index in [4.69, 9.17) is 0 Å². The molecular weight excluding hydrogens is 486 g/mol. The van der Waals surface area contributed by atoms with E-state index in [0.29, 0.717) is 6.42 Å². The minimum Gasteiger partial charge on any atom is -0.480 e. The van der Waals surface area contributed by atoms with Gasteiger partial charge in [-0.3, -0.25) is 19.4 Å². The smallest absolute Gasteiger partial charge is 0.326 e. The van der Waals surface area contributed by atoms with E-state index < -0.39 is 41.3 Å². The number of hydrogen-bond donors (Lipinski definition) is 3. The zero-order valence-electron chi connectivity index (χ0n) is 22.7. The first-order valence-electron chi connectivity index (χ1n) is 14.0. The highest BCUT2D eigenvalue weighted by Crippen LogP contribution is 2.41. The van der Waals surface area contributed by atoms with E-state index >= 15 is 0 Å². The molecular formula is C28H41N5O5. The van der Waals surface area contributed by atoms with Crippen LogP contribution in [-0.2, 0) is 14.4 Å². The Kier molecular flexibility index (Phi) is 8.67. The van der Waals surface area contributed by atoms with E-state index in [1.54, 1.807) is 4.90 Å². The van der Waals surface area contributed by atoms with Crippen molar-refractivity contribution in [3.63, 3.8) is 0 Å². The van der Waals surface area contributed by atoms with Crippen LogP contribution in [0.3, 0.4) is 0 Å². The number of carbonyl (C=O) groups is 4. The molecule has 10 heteroatoms. The van der Waals surface area contributed by atoms with Gasteiger partial charge in [-0.15, -0.1) is 0 Å². The molecule has 3 amide bonds. The van der Waals surface area contributed by atoms with Gasteiger partial charge in [0.05, 0.1) is 6.20 Å². The number of carboxylic acids is 1. The highest BCUT2D eigenvalue weighted by Gasteiger charge is 2.51. The monoisotopic (exact) mass is 527 g/mol. The average molecular weight is 528 g/mol. The molecule has 2 aliphatic carbocycles. The number of fused-ring (bicyclic) bond motifs is 1. The summed E-state index contributed by atoms with van der Waals surface area (Å²) in [6.07, 6.45) is 13.0. The maximum Gasteiger partial charge on any atom is 0.326 e. The molecule has 1 aromatic heterocycles. The number of likely N-dealkylation sites (tertiary alicyclic amines) is 1. The second-order valence-corrected chi connectivity index (χ2v) is 12.2. The molecule has 0 bridgehead atoms. The van der Waals surface area contributed by atoms with Crippen LogP contribution in [0.4, 0.5) is 0 Å². The first-order valence-corrected chi connectivity index (χ1v) is 14.0. The molecule has 38 heavy (non-hydrogen) atoms. The van der Waals surface area contributed by atoms with E-state index in [-0.39, 0.29) is 29.5 Å². The number of aliphatic carboxylic acids is 1. The Labute approximate surface area is 224 Å². The molecule has 5 atom stereocenters. The van der Waals surface area contributed by atoms with Crippen LogP contribution < -0.4 is 10.6 Å². The zero-order chi connectivity index (χ0) is 27.4. The lowest BCUT2D eigenvalue weighted by atomic mass is 9.81. The van der Waals surface area contributed by atoms with Gasteiger partial charge in [-0.2, -0.15) is 0 Å². The largest absolute Gasteiger partial charge is 0.480 e. The van der Waals surface area contributed by atoms with Gasteiger partial charge in [0.2, 0.25) is 11.8 Å². The number of carboxylic acid groups (broad SMARTS) is 1. The predicted octanol–water partition coefficient (Wildman–Crippen LogP) is 2.93. The van der Waals surface area contributed by atoms with Gasteiger partial charge in [0.1, 0.15) is 23.8 Å². The fraction of sp³-hybridized carbons (Fsp3) is 0.714.